The van der Waals surface area contributed by atoms with E-state index in [1.54, 1.807) is 7.11 Å². The molecule has 0 aromatic heterocycles. The highest BCUT2D eigenvalue weighted by atomic mass is 32.1. The van der Waals surface area contributed by atoms with Gasteiger partial charge in [-0.1, -0.05) is 13.3 Å². The molecular formula is C10H22N2OS. The molecule has 0 atom stereocenters. The van der Waals surface area contributed by atoms with Crippen LogP contribution in [0.1, 0.15) is 33.6 Å². The van der Waals surface area contributed by atoms with Gasteiger partial charge in [0.1, 0.15) is 0 Å². The molecule has 0 fully saturated rings. The zero-order valence-corrected chi connectivity index (χ0v) is 10.5. The van der Waals surface area contributed by atoms with Gasteiger partial charge < -0.3 is 15.4 Å². The van der Waals surface area contributed by atoms with Crippen molar-refractivity contribution in [1.29, 1.82) is 0 Å². The predicted molar refractivity (Wildman–Crippen MR) is 64.6 cm³/mol. The molecule has 0 spiro atoms. The third-order valence-electron chi connectivity index (χ3n) is 1.92. The fourth-order valence-electron chi connectivity index (χ4n) is 1.31. The Balaban J connectivity index is 3.69. The van der Waals surface area contributed by atoms with Crippen molar-refractivity contribution in [3.05, 3.63) is 0 Å². The largest absolute Gasteiger partial charge is 0.383 e. The van der Waals surface area contributed by atoms with Crippen LogP contribution in [-0.2, 0) is 4.74 Å². The van der Waals surface area contributed by atoms with E-state index in [0.717, 1.165) is 19.4 Å². The van der Waals surface area contributed by atoms with Crippen LogP contribution in [0, 0.1) is 0 Å². The van der Waals surface area contributed by atoms with Crippen LogP contribution in [0.2, 0.25) is 0 Å². The Kier molecular flexibility index (Phi) is 6.83. The van der Waals surface area contributed by atoms with Crippen molar-refractivity contribution >= 4 is 17.3 Å². The first-order valence-corrected chi connectivity index (χ1v) is 5.47. The molecule has 0 aromatic rings. The summed E-state index contributed by atoms with van der Waals surface area (Å²) in [5.74, 6) is 0. The van der Waals surface area contributed by atoms with Crippen LogP contribution in [0.25, 0.3) is 0 Å². The molecule has 4 heteroatoms. The number of hydrogen-bond acceptors (Lipinski definition) is 2. The van der Waals surface area contributed by atoms with Crippen LogP contribution < -0.4 is 10.6 Å². The number of hydrogen-bond donors (Lipinski definition) is 2. The average Bonchev–Trinajstić information content (AvgIpc) is 2.03. The van der Waals surface area contributed by atoms with Crippen LogP contribution in [-0.4, -0.2) is 30.9 Å². The van der Waals surface area contributed by atoms with Gasteiger partial charge in [0, 0.05) is 19.2 Å². The summed E-state index contributed by atoms with van der Waals surface area (Å²) in [6, 6.07) is 0. The minimum atomic E-state index is 0.0753. The molecule has 2 N–H and O–H groups in total. The van der Waals surface area contributed by atoms with Crippen molar-refractivity contribution in [2.45, 2.75) is 39.2 Å². The summed E-state index contributed by atoms with van der Waals surface area (Å²) in [5.41, 5.74) is 0.0753. The van der Waals surface area contributed by atoms with Crippen LogP contribution >= 0.6 is 12.2 Å². The summed E-state index contributed by atoms with van der Waals surface area (Å²) in [6.07, 6.45) is 2.26. The Morgan fingerprint density at radius 1 is 1.43 bits per heavy atom. The summed E-state index contributed by atoms with van der Waals surface area (Å²) in [4.78, 5) is 0. The summed E-state index contributed by atoms with van der Waals surface area (Å²) < 4.78 is 4.92. The third-order valence-corrected chi connectivity index (χ3v) is 2.17. The Hall–Kier alpha value is -0.350. The maximum atomic E-state index is 5.15. The van der Waals surface area contributed by atoms with E-state index in [9.17, 15) is 0 Å². The van der Waals surface area contributed by atoms with Gasteiger partial charge in [-0.3, -0.25) is 0 Å². The third kappa shape index (κ3) is 7.09. The highest BCUT2D eigenvalue weighted by Gasteiger charge is 2.16. The number of methoxy groups -OCH3 is 1. The smallest absolute Gasteiger partial charge is 0.166 e. The van der Waals surface area contributed by atoms with Gasteiger partial charge in [0.25, 0.3) is 0 Å². The molecule has 14 heavy (non-hydrogen) atoms. The molecule has 0 aliphatic carbocycles. The van der Waals surface area contributed by atoms with Crippen LogP contribution in [0.3, 0.4) is 0 Å². The predicted octanol–water partition coefficient (Wildman–Crippen LogP) is 1.68. The van der Waals surface area contributed by atoms with Gasteiger partial charge in [-0.2, -0.15) is 0 Å². The van der Waals surface area contributed by atoms with E-state index in [-0.39, 0.29) is 5.54 Å². The number of thiocarbonyl (C=S) groups is 1. The number of ether oxygens (including phenoxy) is 1. The van der Waals surface area contributed by atoms with Crippen molar-refractivity contribution in [2.75, 3.05) is 20.3 Å². The fraction of sp³-hybridized carbons (Fsp3) is 0.900. The maximum absolute atomic E-state index is 5.15. The fourth-order valence-corrected chi connectivity index (χ4v) is 1.68. The molecule has 0 aromatic carbocycles. The highest BCUT2D eigenvalue weighted by molar-refractivity contribution is 7.80. The summed E-state index contributed by atoms with van der Waals surface area (Å²) >= 11 is 5.15. The molecule has 84 valence electrons. The van der Waals surface area contributed by atoms with Crippen molar-refractivity contribution in [2.24, 2.45) is 0 Å². The first-order chi connectivity index (χ1) is 6.52. The lowest BCUT2D eigenvalue weighted by Gasteiger charge is -2.27. The van der Waals surface area contributed by atoms with E-state index >= 15 is 0 Å². The molecule has 0 saturated heterocycles. The second kappa shape index (κ2) is 7.01. The Bertz CT molecular complexity index is 172. The molecule has 0 heterocycles. The highest BCUT2D eigenvalue weighted by Crippen LogP contribution is 2.09. The molecular weight excluding hydrogens is 196 g/mol. The lowest BCUT2D eigenvalue weighted by Crippen LogP contribution is -2.48. The van der Waals surface area contributed by atoms with E-state index in [1.165, 1.54) is 0 Å². The molecule has 0 radical (unpaired) electrons. The van der Waals surface area contributed by atoms with Gasteiger partial charge in [-0.15, -0.1) is 0 Å². The summed E-state index contributed by atoms with van der Waals surface area (Å²) in [5, 5.41) is 7.08. The Morgan fingerprint density at radius 3 is 2.57 bits per heavy atom. The summed E-state index contributed by atoms with van der Waals surface area (Å²) in [7, 11) is 1.68. The molecule has 0 aliphatic heterocycles. The number of rotatable bonds is 6. The standard InChI is InChI=1S/C10H22N2OS/c1-5-6-10(2,3)12-9(14)11-7-8-13-4/h5-8H2,1-4H3,(H2,11,12,14). The Labute approximate surface area is 92.6 Å². The molecule has 0 amide bonds. The van der Waals surface area contributed by atoms with E-state index in [2.05, 4.69) is 31.4 Å². The SMILES string of the molecule is CCCC(C)(C)NC(=S)NCCOC. The van der Waals surface area contributed by atoms with E-state index in [0.29, 0.717) is 11.7 Å². The molecule has 0 unspecified atom stereocenters. The van der Waals surface area contributed by atoms with Crippen molar-refractivity contribution < 1.29 is 4.74 Å². The monoisotopic (exact) mass is 218 g/mol. The van der Waals surface area contributed by atoms with E-state index < -0.39 is 0 Å². The van der Waals surface area contributed by atoms with Crippen LogP contribution in [0.4, 0.5) is 0 Å². The molecule has 0 bridgehead atoms. The van der Waals surface area contributed by atoms with Crippen LogP contribution in [0.5, 0.6) is 0 Å². The van der Waals surface area contributed by atoms with Crippen molar-refractivity contribution in [1.82, 2.24) is 10.6 Å². The van der Waals surface area contributed by atoms with Gasteiger partial charge in [-0.25, -0.2) is 0 Å². The van der Waals surface area contributed by atoms with Gasteiger partial charge in [0.15, 0.2) is 5.11 Å². The van der Waals surface area contributed by atoms with Gasteiger partial charge in [0.05, 0.1) is 6.61 Å². The topological polar surface area (TPSA) is 33.3 Å². The normalized spacial score (nSPS) is 11.1. The minimum absolute atomic E-state index is 0.0753. The van der Waals surface area contributed by atoms with E-state index in [4.69, 9.17) is 17.0 Å². The van der Waals surface area contributed by atoms with Gasteiger partial charge >= 0.3 is 0 Å². The molecule has 0 aliphatic rings. The van der Waals surface area contributed by atoms with E-state index in [1.807, 2.05) is 0 Å². The second-order valence-corrected chi connectivity index (χ2v) is 4.42. The second-order valence-electron chi connectivity index (χ2n) is 4.01. The van der Waals surface area contributed by atoms with Crippen LogP contribution in [0.15, 0.2) is 0 Å². The van der Waals surface area contributed by atoms with Gasteiger partial charge in [0.2, 0.25) is 0 Å². The zero-order valence-electron chi connectivity index (χ0n) is 9.64. The zero-order chi connectivity index (χ0) is 11.0. The lowest BCUT2D eigenvalue weighted by atomic mass is 9.99. The molecule has 0 rings (SSSR count). The minimum Gasteiger partial charge on any atom is -0.383 e. The quantitative estimate of drug-likeness (QED) is 0.525. The molecule has 3 nitrogen and oxygen atoms in total. The summed E-state index contributed by atoms with van der Waals surface area (Å²) in [6.45, 7) is 7.91. The Morgan fingerprint density at radius 2 is 2.07 bits per heavy atom. The van der Waals surface area contributed by atoms with Crippen molar-refractivity contribution in [3.63, 3.8) is 0 Å². The lowest BCUT2D eigenvalue weighted by molar-refractivity contribution is 0.203. The molecule has 0 saturated carbocycles. The van der Waals surface area contributed by atoms with Crippen molar-refractivity contribution in [3.8, 4) is 0 Å². The number of nitrogens with one attached hydrogen (secondary N) is 2. The maximum Gasteiger partial charge on any atom is 0.166 e. The average molecular weight is 218 g/mol. The van der Waals surface area contributed by atoms with Gasteiger partial charge in [-0.05, 0) is 32.5 Å². The first kappa shape index (κ1) is 13.7. The first-order valence-electron chi connectivity index (χ1n) is 5.07.